The third kappa shape index (κ3) is 8.19. The summed E-state index contributed by atoms with van der Waals surface area (Å²) in [7, 11) is 1.97. The molecule has 1 aromatic heterocycles. The van der Waals surface area contributed by atoms with Crippen molar-refractivity contribution in [3.8, 4) is 0 Å². The number of nitrogens with one attached hydrogen (secondary N) is 2. The van der Waals surface area contributed by atoms with Crippen LogP contribution in [-0.2, 0) is 24.8 Å². The summed E-state index contributed by atoms with van der Waals surface area (Å²) in [6.07, 6.45) is 2.03. The van der Waals surface area contributed by atoms with Crippen LogP contribution in [0.4, 0.5) is 0 Å². The number of morpholine rings is 1. The molecule has 9 heteroatoms. The topological polar surface area (TPSA) is 79.6 Å². The summed E-state index contributed by atoms with van der Waals surface area (Å²) >= 11 is 0. The number of aromatic nitrogens is 3. The van der Waals surface area contributed by atoms with E-state index in [-0.39, 0.29) is 24.0 Å². The lowest BCUT2D eigenvalue weighted by Crippen LogP contribution is -2.41. The molecular weight excluding hydrogens is 493 g/mol. The van der Waals surface area contributed by atoms with Crippen LogP contribution >= 0.6 is 24.0 Å². The lowest BCUT2D eigenvalue weighted by atomic mass is 10.1. The summed E-state index contributed by atoms with van der Waals surface area (Å²) in [4.78, 5) is 7.17. The number of guanidine groups is 1. The third-order valence-electron chi connectivity index (χ3n) is 5.16. The Kier molecular flexibility index (Phi) is 11.1. The van der Waals surface area contributed by atoms with E-state index in [1.165, 1.54) is 5.56 Å². The minimum atomic E-state index is 0. The van der Waals surface area contributed by atoms with Gasteiger partial charge < -0.3 is 19.9 Å². The average molecular weight is 527 g/mol. The molecular formula is C21H34IN7O. The van der Waals surface area contributed by atoms with Gasteiger partial charge in [-0.3, -0.25) is 4.90 Å². The summed E-state index contributed by atoms with van der Waals surface area (Å²) < 4.78 is 7.39. The van der Waals surface area contributed by atoms with Crippen molar-refractivity contribution in [2.45, 2.75) is 26.3 Å². The predicted molar refractivity (Wildman–Crippen MR) is 130 cm³/mol. The zero-order chi connectivity index (χ0) is 20.3. The van der Waals surface area contributed by atoms with Gasteiger partial charge in [-0.15, -0.1) is 34.2 Å². The molecule has 0 radical (unpaired) electrons. The van der Waals surface area contributed by atoms with E-state index in [2.05, 4.69) is 50.0 Å². The maximum Gasteiger partial charge on any atom is 0.191 e. The molecule has 166 valence electrons. The zero-order valence-corrected chi connectivity index (χ0v) is 20.3. The van der Waals surface area contributed by atoms with Crippen LogP contribution in [0.25, 0.3) is 0 Å². The SMILES string of the molecule is Cc1nnc(CN=C(NCCCN2CCOCC2)NCCc2ccccc2)n1C.I. The van der Waals surface area contributed by atoms with E-state index in [1.807, 2.05) is 24.6 Å². The van der Waals surface area contributed by atoms with Crippen LogP contribution in [-0.4, -0.2) is 71.6 Å². The minimum absolute atomic E-state index is 0. The highest BCUT2D eigenvalue weighted by atomic mass is 127. The van der Waals surface area contributed by atoms with Gasteiger partial charge in [-0.1, -0.05) is 30.3 Å². The molecule has 0 atom stereocenters. The first-order chi connectivity index (χ1) is 14.2. The van der Waals surface area contributed by atoms with Gasteiger partial charge in [0.2, 0.25) is 0 Å². The zero-order valence-electron chi connectivity index (χ0n) is 18.0. The summed E-state index contributed by atoms with van der Waals surface area (Å²) in [5.41, 5.74) is 1.32. The maximum atomic E-state index is 5.41. The van der Waals surface area contributed by atoms with Crippen molar-refractivity contribution in [2.24, 2.45) is 12.0 Å². The third-order valence-corrected chi connectivity index (χ3v) is 5.16. The molecule has 2 N–H and O–H groups in total. The fraction of sp³-hybridized carbons (Fsp3) is 0.571. The first-order valence-electron chi connectivity index (χ1n) is 10.4. The molecule has 1 saturated heterocycles. The highest BCUT2D eigenvalue weighted by molar-refractivity contribution is 14.0. The van der Waals surface area contributed by atoms with Crippen molar-refractivity contribution in [2.75, 3.05) is 45.9 Å². The number of ether oxygens (including phenoxy) is 1. The number of benzene rings is 1. The Bertz CT molecular complexity index is 760. The summed E-state index contributed by atoms with van der Waals surface area (Å²) in [6.45, 7) is 8.99. The quantitative estimate of drug-likeness (QED) is 0.224. The monoisotopic (exact) mass is 527 g/mol. The van der Waals surface area contributed by atoms with E-state index in [0.717, 1.165) is 76.4 Å². The molecule has 1 aliphatic rings. The first kappa shape index (κ1) is 24.5. The van der Waals surface area contributed by atoms with Crippen molar-refractivity contribution in [3.63, 3.8) is 0 Å². The van der Waals surface area contributed by atoms with Gasteiger partial charge in [0.25, 0.3) is 0 Å². The molecule has 1 aromatic carbocycles. The van der Waals surface area contributed by atoms with Crippen LogP contribution < -0.4 is 10.6 Å². The van der Waals surface area contributed by atoms with E-state index >= 15 is 0 Å². The Morgan fingerprint density at radius 2 is 1.83 bits per heavy atom. The lowest BCUT2D eigenvalue weighted by molar-refractivity contribution is 0.0376. The van der Waals surface area contributed by atoms with Crippen LogP contribution in [0.5, 0.6) is 0 Å². The molecule has 3 rings (SSSR count). The van der Waals surface area contributed by atoms with Crippen molar-refractivity contribution in [1.29, 1.82) is 0 Å². The number of halogens is 1. The summed E-state index contributed by atoms with van der Waals surface area (Å²) in [5.74, 6) is 2.58. The van der Waals surface area contributed by atoms with Crippen LogP contribution in [0.1, 0.15) is 23.6 Å². The molecule has 30 heavy (non-hydrogen) atoms. The van der Waals surface area contributed by atoms with Crippen molar-refractivity contribution in [3.05, 3.63) is 47.5 Å². The van der Waals surface area contributed by atoms with Crippen molar-refractivity contribution >= 4 is 29.9 Å². The Hall–Kier alpha value is -1.72. The lowest BCUT2D eigenvalue weighted by Gasteiger charge is -2.26. The smallest absolute Gasteiger partial charge is 0.191 e. The molecule has 0 amide bonds. The van der Waals surface area contributed by atoms with Crippen LogP contribution in [0.15, 0.2) is 35.3 Å². The van der Waals surface area contributed by atoms with E-state index in [9.17, 15) is 0 Å². The molecule has 0 unspecified atom stereocenters. The van der Waals surface area contributed by atoms with Gasteiger partial charge >= 0.3 is 0 Å². The molecule has 0 spiro atoms. The molecule has 0 bridgehead atoms. The number of aliphatic imine (C=N–C) groups is 1. The second-order valence-electron chi connectivity index (χ2n) is 7.28. The molecule has 0 saturated carbocycles. The molecule has 2 aromatic rings. The van der Waals surface area contributed by atoms with E-state index in [1.54, 1.807) is 0 Å². The largest absolute Gasteiger partial charge is 0.379 e. The van der Waals surface area contributed by atoms with Gasteiger partial charge in [0, 0.05) is 33.2 Å². The second kappa shape index (κ2) is 13.6. The van der Waals surface area contributed by atoms with Gasteiger partial charge in [0.1, 0.15) is 12.4 Å². The number of rotatable bonds is 9. The van der Waals surface area contributed by atoms with Gasteiger partial charge in [0.15, 0.2) is 11.8 Å². The number of hydrogen-bond acceptors (Lipinski definition) is 5. The number of nitrogens with zero attached hydrogens (tertiary/aromatic N) is 5. The van der Waals surface area contributed by atoms with E-state index < -0.39 is 0 Å². The van der Waals surface area contributed by atoms with Gasteiger partial charge in [-0.05, 0) is 31.9 Å². The minimum Gasteiger partial charge on any atom is -0.379 e. The fourth-order valence-corrected chi connectivity index (χ4v) is 3.22. The summed E-state index contributed by atoms with van der Waals surface area (Å²) in [6, 6.07) is 10.5. The maximum absolute atomic E-state index is 5.41. The predicted octanol–water partition coefficient (Wildman–Crippen LogP) is 1.74. The van der Waals surface area contributed by atoms with Crippen molar-refractivity contribution < 1.29 is 4.74 Å². The van der Waals surface area contributed by atoms with Crippen LogP contribution in [0.3, 0.4) is 0 Å². The van der Waals surface area contributed by atoms with Gasteiger partial charge in [-0.2, -0.15) is 0 Å². The van der Waals surface area contributed by atoms with E-state index in [0.29, 0.717) is 6.54 Å². The highest BCUT2D eigenvalue weighted by Crippen LogP contribution is 2.01. The fourth-order valence-electron chi connectivity index (χ4n) is 3.22. The Morgan fingerprint density at radius 1 is 1.10 bits per heavy atom. The Balaban J connectivity index is 0.00000320. The first-order valence-corrected chi connectivity index (χ1v) is 10.4. The molecule has 1 fully saturated rings. The molecule has 0 aliphatic carbocycles. The average Bonchev–Trinajstić information content (AvgIpc) is 3.08. The van der Waals surface area contributed by atoms with Crippen LogP contribution in [0, 0.1) is 6.92 Å². The molecule has 2 heterocycles. The number of aryl methyl sites for hydroxylation is 1. The Labute approximate surface area is 196 Å². The van der Waals surface area contributed by atoms with Crippen molar-refractivity contribution in [1.82, 2.24) is 30.3 Å². The van der Waals surface area contributed by atoms with Crippen LogP contribution in [0.2, 0.25) is 0 Å². The summed E-state index contributed by atoms with van der Waals surface area (Å²) in [5, 5.41) is 15.2. The standard InChI is InChI=1S/C21H33N7O.HI/c1-18-25-26-20(27(18)2)17-24-21(23-11-9-19-7-4-3-5-8-19)22-10-6-12-28-13-15-29-16-14-28;/h3-5,7-8H,6,9-17H2,1-2H3,(H2,22,23,24);1H. The highest BCUT2D eigenvalue weighted by Gasteiger charge is 2.10. The number of hydrogen-bond donors (Lipinski definition) is 2. The molecule has 1 aliphatic heterocycles. The van der Waals surface area contributed by atoms with E-state index in [4.69, 9.17) is 9.73 Å². The normalized spacial score (nSPS) is 14.9. The van der Waals surface area contributed by atoms with Gasteiger partial charge in [0.05, 0.1) is 13.2 Å². The Morgan fingerprint density at radius 3 is 2.53 bits per heavy atom. The van der Waals surface area contributed by atoms with Gasteiger partial charge in [-0.25, -0.2) is 4.99 Å². The molecule has 8 nitrogen and oxygen atoms in total. The second-order valence-corrected chi connectivity index (χ2v) is 7.28.